The highest BCUT2D eigenvalue weighted by Crippen LogP contribution is 2.38. The Hall–Kier alpha value is -1.06. The first-order valence-corrected chi connectivity index (χ1v) is 8.82. The number of benzene rings is 1. The first-order valence-electron chi connectivity index (χ1n) is 8.82. The Balaban J connectivity index is 1.86. The highest BCUT2D eigenvalue weighted by molar-refractivity contribution is 5.42. The molecular weight excluding hydrogens is 274 g/mol. The quantitative estimate of drug-likeness (QED) is 0.920. The maximum atomic E-state index is 11.0. The van der Waals surface area contributed by atoms with Crippen LogP contribution in [0.4, 0.5) is 0 Å². The summed E-state index contributed by atoms with van der Waals surface area (Å²) in [5.41, 5.74) is 2.25. The Bertz CT molecular complexity index is 514. The summed E-state index contributed by atoms with van der Waals surface area (Å²) in [5, 5.41) is 11.0. The van der Waals surface area contributed by atoms with E-state index in [-0.39, 0.29) is 6.04 Å². The van der Waals surface area contributed by atoms with Crippen molar-refractivity contribution in [3.8, 4) is 5.75 Å². The molecule has 1 aromatic rings. The standard InChI is InChI=1S/C19H29NO2/c1-4-15-7-5-6-10-20(15)17-12-22-18-9-8-14(13(2)3)11-16(18)19(17)21/h8-9,11,13,15,17,19,21H,4-7,10,12H2,1-3H3. The molecule has 0 aromatic heterocycles. The van der Waals surface area contributed by atoms with Gasteiger partial charge in [0.1, 0.15) is 18.5 Å². The largest absolute Gasteiger partial charge is 0.491 e. The van der Waals surface area contributed by atoms with Crippen molar-refractivity contribution in [3.05, 3.63) is 29.3 Å². The fourth-order valence-electron chi connectivity index (χ4n) is 3.94. The van der Waals surface area contributed by atoms with Crippen molar-refractivity contribution >= 4 is 0 Å². The van der Waals surface area contributed by atoms with E-state index in [1.165, 1.54) is 24.8 Å². The number of aliphatic hydroxyl groups excluding tert-OH is 1. The molecule has 3 rings (SSSR count). The van der Waals surface area contributed by atoms with Gasteiger partial charge in [0.2, 0.25) is 0 Å². The Morgan fingerprint density at radius 2 is 2.14 bits per heavy atom. The lowest BCUT2D eigenvalue weighted by Crippen LogP contribution is -2.52. The number of ether oxygens (including phenoxy) is 1. The normalized spacial score (nSPS) is 29.2. The van der Waals surface area contributed by atoms with Crippen molar-refractivity contribution in [2.24, 2.45) is 0 Å². The zero-order valence-electron chi connectivity index (χ0n) is 14.1. The summed E-state index contributed by atoms with van der Waals surface area (Å²) in [4.78, 5) is 2.50. The number of fused-ring (bicyclic) bond motifs is 1. The summed E-state index contributed by atoms with van der Waals surface area (Å²) < 4.78 is 5.99. The van der Waals surface area contributed by atoms with E-state index in [1.54, 1.807) is 0 Å². The van der Waals surface area contributed by atoms with Crippen molar-refractivity contribution < 1.29 is 9.84 Å². The average Bonchev–Trinajstić information content (AvgIpc) is 2.55. The molecule has 2 aliphatic heterocycles. The average molecular weight is 303 g/mol. The van der Waals surface area contributed by atoms with Gasteiger partial charge in [0, 0.05) is 11.6 Å². The Labute approximate surface area is 134 Å². The van der Waals surface area contributed by atoms with Gasteiger partial charge in [0.25, 0.3) is 0 Å². The minimum Gasteiger partial charge on any atom is -0.491 e. The summed E-state index contributed by atoms with van der Waals surface area (Å²) in [6.45, 7) is 8.32. The summed E-state index contributed by atoms with van der Waals surface area (Å²) in [7, 11) is 0. The number of likely N-dealkylation sites (tertiary alicyclic amines) is 1. The van der Waals surface area contributed by atoms with Crippen LogP contribution in [0.5, 0.6) is 5.75 Å². The predicted molar refractivity (Wildman–Crippen MR) is 89.4 cm³/mol. The van der Waals surface area contributed by atoms with Crippen LogP contribution in [0, 0.1) is 0 Å². The zero-order valence-corrected chi connectivity index (χ0v) is 14.1. The van der Waals surface area contributed by atoms with Gasteiger partial charge in [-0.3, -0.25) is 4.90 Å². The van der Waals surface area contributed by atoms with Crippen LogP contribution in [-0.2, 0) is 0 Å². The van der Waals surface area contributed by atoms with E-state index in [4.69, 9.17) is 4.74 Å². The smallest absolute Gasteiger partial charge is 0.125 e. The molecule has 1 N–H and O–H groups in total. The van der Waals surface area contributed by atoms with E-state index in [9.17, 15) is 5.11 Å². The molecule has 0 spiro atoms. The molecule has 2 heterocycles. The number of rotatable bonds is 3. The van der Waals surface area contributed by atoms with Gasteiger partial charge in [-0.05, 0) is 49.4 Å². The number of hydrogen-bond acceptors (Lipinski definition) is 3. The molecule has 2 aliphatic rings. The maximum absolute atomic E-state index is 11.0. The first-order chi connectivity index (χ1) is 10.6. The number of hydrogen-bond donors (Lipinski definition) is 1. The molecular formula is C19H29NO2. The van der Waals surface area contributed by atoms with Gasteiger partial charge in [-0.1, -0.05) is 33.3 Å². The third-order valence-electron chi connectivity index (χ3n) is 5.36. The van der Waals surface area contributed by atoms with Crippen LogP contribution in [0.1, 0.15) is 69.6 Å². The molecule has 22 heavy (non-hydrogen) atoms. The third-order valence-corrected chi connectivity index (χ3v) is 5.36. The Morgan fingerprint density at radius 1 is 1.32 bits per heavy atom. The number of aliphatic hydroxyl groups is 1. The van der Waals surface area contributed by atoms with Gasteiger partial charge in [0.15, 0.2) is 0 Å². The number of piperidine rings is 1. The molecule has 0 saturated carbocycles. The highest BCUT2D eigenvalue weighted by atomic mass is 16.5. The van der Waals surface area contributed by atoms with Crippen LogP contribution in [0.25, 0.3) is 0 Å². The molecule has 3 unspecified atom stereocenters. The lowest BCUT2D eigenvalue weighted by atomic mass is 9.90. The van der Waals surface area contributed by atoms with Gasteiger partial charge in [-0.15, -0.1) is 0 Å². The second-order valence-corrected chi connectivity index (χ2v) is 7.07. The molecule has 3 atom stereocenters. The molecule has 1 aromatic carbocycles. The molecule has 0 bridgehead atoms. The molecule has 122 valence electrons. The summed E-state index contributed by atoms with van der Waals surface area (Å²) in [6.07, 6.45) is 4.51. The van der Waals surface area contributed by atoms with Gasteiger partial charge in [-0.25, -0.2) is 0 Å². The van der Waals surface area contributed by atoms with Crippen molar-refractivity contribution in [2.75, 3.05) is 13.2 Å². The second kappa shape index (κ2) is 6.59. The molecule has 3 heteroatoms. The molecule has 1 fully saturated rings. The van der Waals surface area contributed by atoms with Crippen LogP contribution < -0.4 is 4.74 Å². The van der Waals surface area contributed by atoms with Crippen LogP contribution >= 0.6 is 0 Å². The predicted octanol–water partition coefficient (Wildman–Crippen LogP) is 3.87. The lowest BCUT2D eigenvalue weighted by Gasteiger charge is -2.44. The van der Waals surface area contributed by atoms with E-state index in [0.29, 0.717) is 18.6 Å². The highest BCUT2D eigenvalue weighted by Gasteiger charge is 2.37. The van der Waals surface area contributed by atoms with E-state index in [0.717, 1.165) is 24.3 Å². The molecule has 0 aliphatic carbocycles. The van der Waals surface area contributed by atoms with Gasteiger partial charge < -0.3 is 9.84 Å². The maximum Gasteiger partial charge on any atom is 0.125 e. The SMILES string of the molecule is CCC1CCCCN1C1COc2ccc(C(C)C)cc2C1O. The van der Waals surface area contributed by atoms with Gasteiger partial charge >= 0.3 is 0 Å². The summed E-state index contributed by atoms with van der Waals surface area (Å²) >= 11 is 0. The topological polar surface area (TPSA) is 32.7 Å². The molecule has 0 radical (unpaired) electrons. The van der Waals surface area contributed by atoms with Crippen LogP contribution in [-0.4, -0.2) is 35.2 Å². The van der Waals surface area contributed by atoms with Gasteiger partial charge in [0.05, 0.1) is 6.04 Å². The van der Waals surface area contributed by atoms with Crippen molar-refractivity contribution in [2.45, 2.75) is 70.6 Å². The van der Waals surface area contributed by atoms with E-state index >= 15 is 0 Å². The minimum absolute atomic E-state index is 0.0974. The first kappa shape index (κ1) is 15.8. The monoisotopic (exact) mass is 303 g/mol. The van der Waals surface area contributed by atoms with Crippen molar-refractivity contribution in [1.29, 1.82) is 0 Å². The van der Waals surface area contributed by atoms with Crippen LogP contribution in [0.2, 0.25) is 0 Å². The molecule has 1 saturated heterocycles. The fourth-order valence-corrected chi connectivity index (χ4v) is 3.94. The van der Waals surface area contributed by atoms with Crippen LogP contribution in [0.3, 0.4) is 0 Å². The molecule has 0 amide bonds. The Kier molecular flexibility index (Phi) is 4.74. The van der Waals surface area contributed by atoms with E-state index < -0.39 is 6.10 Å². The fraction of sp³-hybridized carbons (Fsp3) is 0.684. The third kappa shape index (κ3) is 2.89. The second-order valence-electron chi connectivity index (χ2n) is 7.07. The minimum atomic E-state index is -0.436. The van der Waals surface area contributed by atoms with E-state index in [2.05, 4.69) is 37.8 Å². The lowest BCUT2D eigenvalue weighted by molar-refractivity contribution is -0.0293. The zero-order chi connectivity index (χ0) is 15.7. The van der Waals surface area contributed by atoms with Crippen LogP contribution in [0.15, 0.2) is 18.2 Å². The summed E-state index contributed by atoms with van der Waals surface area (Å²) in [5.74, 6) is 1.33. The Morgan fingerprint density at radius 3 is 2.86 bits per heavy atom. The van der Waals surface area contributed by atoms with Gasteiger partial charge in [-0.2, -0.15) is 0 Å². The van der Waals surface area contributed by atoms with E-state index in [1.807, 2.05) is 6.07 Å². The van der Waals surface area contributed by atoms with Crippen molar-refractivity contribution in [3.63, 3.8) is 0 Å². The van der Waals surface area contributed by atoms with Crippen molar-refractivity contribution in [1.82, 2.24) is 4.90 Å². The number of nitrogens with zero attached hydrogens (tertiary/aromatic N) is 1. The molecule has 3 nitrogen and oxygen atoms in total. The summed E-state index contributed by atoms with van der Waals surface area (Å²) in [6, 6.07) is 6.97.